The average Bonchev–Trinajstić information content (AvgIpc) is 3.28. The number of likely N-dealkylation sites (tertiary alicyclic amines) is 3. The second-order valence-electron chi connectivity index (χ2n) is 16.0. The minimum absolute atomic E-state index is 0.624. The number of rotatable bonds is 9. The Hall–Kier alpha value is -0.900. The van der Waals surface area contributed by atoms with Crippen LogP contribution in [0.5, 0.6) is 0 Å². The molecular formula is C40H71N3. The van der Waals surface area contributed by atoms with E-state index in [1.54, 1.807) is 33.4 Å². The Bertz CT molecular complexity index is 989. The van der Waals surface area contributed by atoms with E-state index in [0.29, 0.717) is 36.3 Å². The molecule has 3 fully saturated rings. The first kappa shape index (κ1) is 35.0. The van der Waals surface area contributed by atoms with E-state index in [4.69, 9.17) is 0 Å². The lowest BCUT2D eigenvalue weighted by Gasteiger charge is -2.47. The third-order valence-corrected chi connectivity index (χ3v) is 14.5. The Labute approximate surface area is 268 Å². The van der Waals surface area contributed by atoms with E-state index in [9.17, 15) is 0 Å². The fraction of sp³-hybridized carbons (Fsp3) is 0.850. The molecule has 3 saturated heterocycles. The van der Waals surface area contributed by atoms with Crippen molar-refractivity contribution < 1.29 is 0 Å². The summed E-state index contributed by atoms with van der Waals surface area (Å²) in [5.74, 6) is 4.47. The molecule has 0 radical (unpaired) electrons. The molecule has 3 nitrogen and oxygen atoms in total. The highest BCUT2D eigenvalue weighted by atomic mass is 15.2. The fourth-order valence-electron chi connectivity index (χ4n) is 10.1. The Kier molecular flexibility index (Phi) is 11.3. The van der Waals surface area contributed by atoms with E-state index < -0.39 is 0 Å². The summed E-state index contributed by atoms with van der Waals surface area (Å²) >= 11 is 0. The van der Waals surface area contributed by atoms with Crippen LogP contribution in [0.4, 0.5) is 0 Å². The summed E-state index contributed by atoms with van der Waals surface area (Å²) in [6.07, 6.45) is 4.77. The average molecular weight is 594 g/mol. The molecule has 43 heavy (non-hydrogen) atoms. The van der Waals surface area contributed by atoms with Gasteiger partial charge < -0.3 is 0 Å². The number of hydrogen-bond donors (Lipinski definition) is 0. The predicted octanol–water partition coefficient (Wildman–Crippen LogP) is 9.36. The van der Waals surface area contributed by atoms with Gasteiger partial charge in [0.2, 0.25) is 0 Å². The predicted molar refractivity (Wildman–Crippen MR) is 188 cm³/mol. The van der Waals surface area contributed by atoms with Crippen molar-refractivity contribution in [2.75, 3.05) is 0 Å². The Morgan fingerprint density at radius 3 is 0.837 bits per heavy atom. The molecule has 0 aliphatic carbocycles. The van der Waals surface area contributed by atoms with Gasteiger partial charge in [-0.2, -0.15) is 0 Å². The standard InChI is InChI=1S/C40H71N3/c1-16-35-38(20-41-29(10)23(4)19-24(5)30(41)11)36(17-2)40(22-43-33(14)27(8)28(9)34(43)15)37(18-3)39(35)21-42-31(12)25(6)26(7)32(42)13/h23-34H,16-22H2,1-15H3/t23-,24+,25-,26+,27-,28+,29-,30+,31-,32+,33-,34+. The third-order valence-electron chi connectivity index (χ3n) is 14.5. The van der Waals surface area contributed by atoms with E-state index >= 15 is 0 Å². The maximum Gasteiger partial charge on any atom is 0.0245 e. The second-order valence-corrected chi connectivity index (χ2v) is 16.0. The summed E-state index contributed by atoms with van der Waals surface area (Å²) in [6, 6.07) is 3.75. The molecule has 1 aromatic rings. The van der Waals surface area contributed by atoms with Crippen molar-refractivity contribution in [2.24, 2.45) is 35.5 Å². The topological polar surface area (TPSA) is 9.72 Å². The monoisotopic (exact) mass is 594 g/mol. The van der Waals surface area contributed by atoms with Crippen LogP contribution in [-0.4, -0.2) is 51.0 Å². The lowest BCUT2D eigenvalue weighted by Crippen LogP contribution is -2.51. The molecule has 3 aliphatic rings. The molecule has 0 spiro atoms. The van der Waals surface area contributed by atoms with Crippen LogP contribution < -0.4 is 0 Å². The lowest BCUT2D eigenvalue weighted by atomic mass is 9.79. The number of piperidine rings is 1. The van der Waals surface area contributed by atoms with Gasteiger partial charge in [-0.25, -0.2) is 0 Å². The molecule has 3 aliphatic heterocycles. The van der Waals surface area contributed by atoms with E-state index in [1.165, 1.54) is 6.42 Å². The van der Waals surface area contributed by atoms with Gasteiger partial charge in [-0.1, -0.05) is 62.3 Å². The zero-order valence-electron chi connectivity index (χ0n) is 31.2. The van der Waals surface area contributed by atoms with E-state index in [2.05, 4.69) is 119 Å². The SMILES string of the molecule is CCc1c(CN2[C@H](C)[C@H](C)[C@H](C)[C@@H]2C)c(CC)c(CN2[C@H](C)[C@H](C)C[C@H](C)[C@@H]2C)c(CC)c1CN1[C@H](C)[C@H](C)[C@H](C)[C@@H]1C. The fourth-order valence-corrected chi connectivity index (χ4v) is 10.1. The zero-order valence-corrected chi connectivity index (χ0v) is 31.2. The number of nitrogens with zero attached hydrogens (tertiary/aromatic N) is 3. The molecule has 246 valence electrons. The van der Waals surface area contributed by atoms with Crippen molar-refractivity contribution in [3.8, 4) is 0 Å². The molecule has 0 amide bonds. The van der Waals surface area contributed by atoms with Gasteiger partial charge in [0.25, 0.3) is 0 Å². The summed E-state index contributed by atoms with van der Waals surface area (Å²) in [5, 5.41) is 0. The van der Waals surface area contributed by atoms with Crippen LogP contribution in [0.3, 0.4) is 0 Å². The first-order chi connectivity index (χ1) is 20.2. The highest BCUT2D eigenvalue weighted by Gasteiger charge is 2.42. The molecule has 0 unspecified atom stereocenters. The van der Waals surface area contributed by atoms with Gasteiger partial charge in [-0.3, -0.25) is 14.7 Å². The molecule has 0 N–H and O–H groups in total. The molecule has 3 heterocycles. The van der Waals surface area contributed by atoms with Crippen molar-refractivity contribution in [2.45, 2.75) is 185 Å². The van der Waals surface area contributed by atoms with Gasteiger partial charge in [0.15, 0.2) is 0 Å². The number of hydrogen-bond acceptors (Lipinski definition) is 3. The summed E-state index contributed by atoms with van der Waals surface area (Å²) in [5.41, 5.74) is 10.2. The third kappa shape index (κ3) is 6.15. The van der Waals surface area contributed by atoms with Crippen molar-refractivity contribution in [3.63, 3.8) is 0 Å². The number of benzene rings is 1. The molecule has 0 aromatic heterocycles. The van der Waals surface area contributed by atoms with E-state index in [-0.39, 0.29) is 0 Å². The van der Waals surface area contributed by atoms with Gasteiger partial charge in [0.1, 0.15) is 0 Å². The van der Waals surface area contributed by atoms with Crippen molar-refractivity contribution >= 4 is 0 Å². The van der Waals surface area contributed by atoms with Gasteiger partial charge in [-0.15, -0.1) is 0 Å². The molecule has 0 bridgehead atoms. The molecule has 3 heteroatoms. The van der Waals surface area contributed by atoms with Gasteiger partial charge in [-0.05, 0) is 136 Å². The van der Waals surface area contributed by atoms with Crippen LogP contribution in [0.15, 0.2) is 0 Å². The van der Waals surface area contributed by atoms with Crippen LogP contribution >= 0.6 is 0 Å². The van der Waals surface area contributed by atoms with Gasteiger partial charge >= 0.3 is 0 Å². The normalized spacial score (nSPS) is 39.7. The largest absolute Gasteiger partial charge is 0.293 e. The maximum atomic E-state index is 2.90. The highest BCUT2D eigenvalue weighted by Crippen LogP contribution is 2.42. The van der Waals surface area contributed by atoms with Crippen LogP contribution in [0.2, 0.25) is 0 Å². The summed E-state index contributed by atoms with van der Waals surface area (Å²) in [4.78, 5) is 8.66. The molecule has 4 rings (SSSR count). The van der Waals surface area contributed by atoms with Crippen LogP contribution in [0.25, 0.3) is 0 Å². The first-order valence-corrected chi connectivity index (χ1v) is 18.7. The Morgan fingerprint density at radius 2 is 0.605 bits per heavy atom. The highest BCUT2D eigenvalue weighted by molar-refractivity contribution is 5.53. The van der Waals surface area contributed by atoms with Crippen molar-refractivity contribution in [3.05, 3.63) is 33.4 Å². The van der Waals surface area contributed by atoms with E-state index in [0.717, 1.165) is 74.4 Å². The lowest BCUT2D eigenvalue weighted by molar-refractivity contribution is 0.0206. The quantitative estimate of drug-likeness (QED) is 0.282. The van der Waals surface area contributed by atoms with Crippen molar-refractivity contribution in [1.82, 2.24) is 14.7 Å². The van der Waals surface area contributed by atoms with Crippen molar-refractivity contribution in [1.29, 1.82) is 0 Å². The smallest absolute Gasteiger partial charge is 0.0245 e. The first-order valence-electron chi connectivity index (χ1n) is 18.7. The molecule has 0 saturated carbocycles. The minimum atomic E-state index is 0.624. The van der Waals surface area contributed by atoms with E-state index in [1.807, 2.05) is 0 Å². The minimum Gasteiger partial charge on any atom is -0.293 e. The Morgan fingerprint density at radius 1 is 0.372 bits per heavy atom. The van der Waals surface area contributed by atoms with Crippen LogP contribution in [0.1, 0.15) is 144 Å². The molecule has 1 aromatic carbocycles. The molecular weight excluding hydrogens is 522 g/mol. The second kappa shape index (κ2) is 13.8. The van der Waals surface area contributed by atoms with Crippen LogP contribution in [0, 0.1) is 35.5 Å². The summed E-state index contributed by atoms with van der Waals surface area (Å²) in [7, 11) is 0. The maximum absolute atomic E-state index is 2.90. The van der Waals surface area contributed by atoms with Gasteiger partial charge in [0.05, 0.1) is 0 Å². The summed E-state index contributed by atoms with van der Waals surface area (Å²) < 4.78 is 0. The summed E-state index contributed by atoms with van der Waals surface area (Å²) in [6.45, 7) is 40.7. The Balaban J connectivity index is 1.92. The zero-order chi connectivity index (χ0) is 32.1. The molecule has 12 atom stereocenters. The van der Waals surface area contributed by atoms with Gasteiger partial charge in [0, 0.05) is 55.9 Å². The van der Waals surface area contributed by atoms with Crippen LogP contribution in [-0.2, 0) is 38.9 Å².